The predicted octanol–water partition coefficient (Wildman–Crippen LogP) is 3.24. The molecule has 2 atom stereocenters. The highest BCUT2D eigenvalue weighted by Gasteiger charge is 2.43. The number of hydrogen-bond donors (Lipinski definition) is 2. The number of alkyl halides is 1. The van der Waals surface area contributed by atoms with Crippen LogP contribution in [0.2, 0.25) is 0 Å². The number of benzene rings is 2. The van der Waals surface area contributed by atoms with Gasteiger partial charge in [0.25, 0.3) is 5.91 Å². The van der Waals surface area contributed by atoms with Crippen molar-refractivity contribution in [3.63, 3.8) is 0 Å². The lowest BCUT2D eigenvalue weighted by Crippen LogP contribution is -2.61. The summed E-state index contributed by atoms with van der Waals surface area (Å²) in [6.45, 7) is 5.54. The van der Waals surface area contributed by atoms with Gasteiger partial charge in [0.1, 0.15) is 11.9 Å². The molecule has 0 saturated carbocycles. The Kier molecular flexibility index (Phi) is 6.96. The Bertz CT molecular complexity index is 1330. The molecule has 5 rings (SSSR count). The lowest BCUT2D eigenvalue weighted by molar-refractivity contribution is -0.154. The molecule has 1 fully saturated rings. The van der Waals surface area contributed by atoms with Gasteiger partial charge in [0.2, 0.25) is 5.91 Å². The summed E-state index contributed by atoms with van der Waals surface area (Å²) in [4.78, 5) is 45.8. The Morgan fingerprint density at radius 3 is 2.46 bits per heavy atom. The fraction of sp³-hybridized carbons (Fsp3) is 0.393. The Hall–Kier alpha value is -3.36. The van der Waals surface area contributed by atoms with E-state index in [4.69, 9.17) is 16.3 Å². The number of nitrogens with zero attached hydrogens (tertiary/aromatic N) is 2. The van der Waals surface area contributed by atoms with Crippen LogP contribution in [0.3, 0.4) is 0 Å². The van der Waals surface area contributed by atoms with Gasteiger partial charge in [-0.05, 0) is 29.3 Å². The number of para-hydroxylation sites is 1. The van der Waals surface area contributed by atoms with E-state index in [-0.39, 0.29) is 17.7 Å². The molecule has 0 bridgehead atoms. The van der Waals surface area contributed by atoms with Crippen molar-refractivity contribution in [3.05, 3.63) is 70.9 Å². The third kappa shape index (κ3) is 4.60. The van der Waals surface area contributed by atoms with Gasteiger partial charge in [-0.15, -0.1) is 11.6 Å². The second-order valence-corrected chi connectivity index (χ2v) is 10.3. The third-order valence-electron chi connectivity index (χ3n) is 7.22. The number of amides is 2. The van der Waals surface area contributed by atoms with E-state index in [9.17, 15) is 14.4 Å². The molecule has 3 heterocycles. The van der Waals surface area contributed by atoms with Crippen molar-refractivity contribution in [2.75, 3.05) is 26.1 Å². The fourth-order valence-corrected chi connectivity index (χ4v) is 5.68. The Morgan fingerprint density at radius 2 is 1.81 bits per heavy atom. The van der Waals surface area contributed by atoms with Gasteiger partial charge in [-0.2, -0.15) is 0 Å². The van der Waals surface area contributed by atoms with Gasteiger partial charge in [-0.1, -0.05) is 44.2 Å². The number of hydrogen-bond acceptors (Lipinski definition) is 5. The topological polar surface area (TPSA) is 94.7 Å². The molecule has 2 amide bonds. The van der Waals surface area contributed by atoms with Crippen LogP contribution in [0.4, 0.5) is 0 Å². The molecule has 0 spiro atoms. The standard InChI is InChI=1S/C28H31ClN4O4/c1-16(2)30-19-14-32(15-19)27(35)18-10-8-17(9-11-18)26-25-21(20-6-4-5-7-22(20)31-25)12-23(28(36)37-3)33(26)24(34)13-29/h4-11,16,19,23,26,30-31H,12-15H2,1-3H3/t23-,26+/m1/s1. The number of aromatic nitrogens is 1. The lowest BCUT2D eigenvalue weighted by Gasteiger charge is -2.41. The molecule has 37 heavy (non-hydrogen) atoms. The van der Waals surface area contributed by atoms with Gasteiger partial charge in [-0.3, -0.25) is 9.59 Å². The number of esters is 1. The van der Waals surface area contributed by atoms with Crippen molar-refractivity contribution in [2.24, 2.45) is 0 Å². The first kappa shape index (κ1) is 25.3. The zero-order valence-electron chi connectivity index (χ0n) is 21.2. The number of carbonyl (C=O) groups excluding carboxylic acids is 3. The molecule has 194 valence electrons. The van der Waals surface area contributed by atoms with Crippen LogP contribution >= 0.6 is 11.6 Å². The number of halogens is 1. The molecule has 2 N–H and O–H groups in total. The van der Waals surface area contributed by atoms with Crippen LogP contribution in [0, 0.1) is 0 Å². The second-order valence-electron chi connectivity index (χ2n) is 9.99. The molecule has 2 aliphatic rings. The van der Waals surface area contributed by atoms with E-state index in [1.165, 1.54) is 12.0 Å². The minimum absolute atomic E-state index is 0.0237. The van der Waals surface area contributed by atoms with Crippen molar-refractivity contribution in [1.82, 2.24) is 20.1 Å². The third-order valence-corrected chi connectivity index (χ3v) is 7.45. The SMILES string of the molecule is COC(=O)[C@H]1Cc2c([nH]c3ccccc23)[C@H](c2ccc(C(=O)N3CC(NC(C)C)C3)cc2)N1C(=O)CCl. The van der Waals surface area contributed by atoms with E-state index in [1.807, 2.05) is 41.3 Å². The Balaban J connectivity index is 1.51. The van der Waals surface area contributed by atoms with Gasteiger partial charge < -0.3 is 24.8 Å². The molecule has 9 heteroatoms. The van der Waals surface area contributed by atoms with Gasteiger partial charge in [0.05, 0.1) is 13.2 Å². The monoisotopic (exact) mass is 522 g/mol. The van der Waals surface area contributed by atoms with Crippen LogP contribution in [0.5, 0.6) is 0 Å². The number of methoxy groups -OCH3 is 1. The molecule has 8 nitrogen and oxygen atoms in total. The fourth-order valence-electron chi connectivity index (χ4n) is 5.54. The lowest BCUT2D eigenvalue weighted by atomic mass is 9.87. The van der Waals surface area contributed by atoms with Crippen molar-refractivity contribution in [1.29, 1.82) is 0 Å². The van der Waals surface area contributed by atoms with Gasteiger partial charge in [-0.25, -0.2) is 4.79 Å². The number of aromatic amines is 1. The quantitative estimate of drug-likeness (QED) is 0.383. The smallest absolute Gasteiger partial charge is 0.328 e. The van der Waals surface area contributed by atoms with Crippen molar-refractivity contribution in [3.8, 4) is 0 Å². The second kappa shape index (κ2) is 10.2. The maximum atomic E-state index is 13.1. The summed E-state index contributed by atoms with van der Waals surface area (Å²) < 4.78 is 5.09. The molecule has 3 aromatic rings. The van der Waals surface area contributed by atoms with E-state index in [2.05, 4.69) is 24.1 Å². The Morgan fingerprint density at radius 1 is 1.11 bits per heavy atom. The van der Waals surface area contributed by atoms with Gasteiger partial charge in [0.15, 0.2) is 0 Å². The average Bonchev–Trinajstić information content (AvgIpc) is 3.26. The van der Waals surface area contributed by atoms with E-state index in [0.717, 1.165) is 27.7 Å². The molecule has 1 aromatic heterocycles. The summed E-state index contributed by atoms with van der Waals surface area (Å²) in [5.74, 6) is -1.15. The number of fused-ring (bicyclic) bond motifs is 3. The molecule has 2 aliphatic heterocycles. The number of H-pyrrole nitrogens is 1. The van der Waals surface area contributed by atoms with Crippen LogP contribution in [0.15, 0.2) is 48.5 Å². The average molecular weight is 523 g/mol. The summed E-state index contributed by atoms with van der Waals surface area (Å²) in [5.41, 5.74) is 4.09. The summed E-state index contributed by atoms with van der Waals surface area (Å²) in [7, 11) is 1.32. The minimum atomic E-state index is -0.819. The van der Waals surface area contributed by atoms with Crippen LogP contribution in [-0.2, 0) is 20.7 Å². The van der Waals surface area contributed by atoms with E-state index in [1.54, 1.807) is 12.1 Å². The number of likely N-dealkylation sites (tertiary alicyclic amines) is 1. The number of rotatable bonds is 6. The van der Waals surface area contributed by atoms with Gasteiger partial charge in [0, 0.05) is 53.8 Å². The van der Waals surface area contributed by atoms with Crippen LogP contribution in [0.25, 0.3) is 10.9 Å². The van der Waals surface area contributed by atoms with E-state index >= 15 is 0 Å². The summed E-state index contributed by atoms with van der Waals surface area (Å²) >= 11 is 6.02. The molecular formula is C28H31ClN4O4. The van der Waals surface area contributed by atoms with Crippen LogP contribution in [-0.4, -0.2) is 76.8 Å². The van der Waals surface area contributed by atoms with Crippen LogP contribution < -0.4 is 5.32 Å². The largest absolute Gasteiger partial charge is 0.467 e. The van der Waals surface area contributed by atoms with E-state index < -0.39 is 18.1 Å². The molecular weight excluding hydrogens is 492 g/mol. The number of nitrogens with one attached hydrogen (secondary N) is 2. The molecule has 0 aliphatic carbocycles. The van der Waals surface area contributed by atoms with Crippen molar-refractivity contribution in [2.45, 2.75) is 44.4 Å². The summed E-state index contributed by atoms with van der Waals surface area (Å²) in [6, 6.07) is 14.4. The Labute approximate surface area is 220 Å². The minimum Gasteiger partial charge on any atom is -0.467 e. The summed E-state index contributed by atoms with van der Waals surface area (Å²) in [5, 5.41) is 4.45. The predicted molar refractivity (Wildman–Crippen MR) is 142 cm³/mol. The van der Waals surface area contributed by atoms with Crippen molar-refractivity contribution >= 4 is 40.3 Å². The number of ether oxygens (including phenoxy) is 1. The first-order chi connectivity index (χ1) is 17.8. The highest BCUT2D eigenvalue weighted by molar-refractivity contribution is 6.27. The van der Waals surface area contributed by atoms with E-state index in [0.29, 0.717) is 37.2 Å². The maximum Gasteiger partial charge on any atom is 0.328 e. The first-order valence-electron chi connectivity index (χ1n) is 12.5. The zero-order valence-corrected chi connectivity index (χ0v) is 21.9. The molecule has 1 saturated heterocycles. The highest BCUT2D eigenvalue weighted by Crippen LogP contribution is 2.41. The highest BCUT2D eigenvalue weighted by atomic mass is 35.5. The number of carbonyl (C=O) groups is 3. The zero-order chi connectivity index (χ0) is 26.3. The maximum absolute atomic E-state index is 13.1. The van der Waals surface area contributed by atoms with Crippen molar-refractivity contribution < 1.29 is 19.1 Å². The molecule has 2 aromatic carbocycles. The van der Waals surface area contributed by atoms with Crippen LogP contribution in [0.1, 0.15) is 47.1 Å². The normalized spacial score (nSPS) is 19.6. The summed E-state index contributed by atoms with van der Waals surface area (Å²) in [6.07, 6.45) is 0.322. The molecule has 0 radical (unpaired) electrons. The van der Waals surface area contributed by atoms with Gasteiger partial charge >= 0.3 is 5.97 Å². The first-order valence-corrected chi connectivity index (χ1v) is 13.1. The molecule has 0 unspecified atom stereocenters.